The van der Waals surface area contributed by atoms with Gasteiger partial charge in [-0.05, 0) is 79.3 Å². The molecular weight excluding hydrogens is 665 g/mol. The van der Waals surface area contributed by atoms with E-state index in [0.717, 1.165) is 21.0 Å². The number of aryl methyl sites for hydroxylation is 1. The average Bonchev–Trinajstić information content (AvgIpc) is 3.06. The lowest BCUT2D eigenvalue weighted by molar-refractivity contribution is -0.140. The molecule has 0 radical (unpaired) electrons. The summed E-state index contributed by atoms with van der Waals surface area (Å²) in [5.41, 5.74) is 3.68. The Bertz CT molecular complexity index is 1800. The van der Waals surface area contributed by atoms with Gasteiger partial charge in [0.15, 0.2) is 0 Å². The number of amides is 2. The van der Waals surface area contributed by atoms with Crippen LogP contribution in [-0.2, 0) is 32.6 Å². The molecule has 0 saturated heterocycles. The number of carbonyl (C=O) groups is 2. The Labute approximate surface area is 294 Å². The van der Waals surface area contributed by atoms with Gasteiger partial charge in [0.25, 0.3) is 10.0 Å². The summed E-state index contributed by atoms with van der Waals surface area (Å²) in [6.07, 6.45) is 0.892. The second-order valence-electron chi connectivity index (χ2n) is 12.4. The maximum absolute atomic E-state index is 14.7. The van der Waals surface area contributed by atoms with Crippen LogP contribution in [0.3, 0.4) is 0 Å². The molecule has 0 saturated carbocycles. The first kappa shape index (κ1) is 37.0. The summed E-state index contributed by atoms with van der Waals surface area (Å²) in [5.74, 6) is -0.684. The molecule has 1 N–H and O–H groups in total. The average molecular weight is 709 g/mol. The zero-order valence-electron chi connectivity index (χ0n) is 28.0. The van der Waals surface area contributed by atoms with Crippen LogP contribution in [0.25, 0.3) is 0 Å². The molecule has 0 bridgehead atoms. The van der Waals surface area contributed by atoms with E-state index in [0.29, 0.717) is 27.7 Å². The normalized spacial score (nSPS) is 12.8. The third kappa shape index (κ3) is 9.40. The van der Waals surface area contributed by atoms with Gasteiger partial charge in [-0.2, -0.15) is 0 Å². The van der Waals surface area contributed by atoms with Crippen molar-refractivity contribution < 1.29 is 18.0 Å². The summed E-state index contributed by atoms with van der Waals surface area (Å²) in [6.45, 7) is 9.24. The second-order valence-corrected chi connectivity index (χ2v) is 15.1. The fraction of sp³-hybridized carbons (Fsp3) is 0.316. The number of nitrogens with one attached hydrogen (secondary N) is 1. The molecule has 48 heavy (non-hydrogen) atoms. The van der Waals surface area contributed by atoms with Crippen molar-refractivity contribution in [2.75, 3.05) is 10.8 Å². The van der Waals surface area contributed by atoms with Crippen molar-refractivity contribution in [3.63, 3.8) is 0 Å². The molecule has 0 spiro atoms. The quantitative estimate of drug-likeness (QED) is 0.143. The minimum absolute atomic E-state index is 0.0506. The first-order valence-electron chi connectivity index (χ1n) is 16.1. The van der Waals surface area contributed by atoms with Gasteiger partial charge in [-0.15, -0.1) is 0 Å². The van der Waals surface area contributed by atoms with E-state index in [2.05, 4.69) is 19.2 Å². The standard InChI is InChI=1S/C38H43Cl2N3O4S/c1-6-28(5)41-38(45)36(22-29-10-8-7-9-11-29)42(24-31-14-17-32(39)23-35(31)40)37(44)25-43(33-18-15-30(16-19-33)26(2)3)48(46,47)34-20-12-27(4)13-21-34/h7-21,23,26,28,36H,6,22,24-25H2,1-5H3,(H,41,45). The predicted molar refractivity (Wildman–Crippen MR) is 195 cm³/mol. The van der Waals surface area contributed by atoms with Gasteiger partial charge in [-0.3, -0.25) is 13.9 Å². The molecule has 0 heterocycles. The Morgan fingerprint density at radius 3 is 2.08 bits per heavy atom. The van der Waals surface area contributed by atoms with Gasteiger partial charge in [0, 0.05) is 29.1 Å². The zero-order valence-corrected chi connectivity index (χ0v) is 30.3. The van der Waals surface area contributed by atoms with Gasteiger partial charge in [0.05, 0.1) is 10.6 Å². The van der Waals surface area contributed by atoms with Crippen LogP contribution in [0.1, 0.15) is 62.3 Å². The number of nitrogens with zero attached hydrogens (tertiary/aromatic N) is 2. The lowest BCUT2D eigenvalue weighted by Crippen LogP contribution is -2.54. The highest BCUT2D eigenvalue weighted by molar-refractivity contribution is 7.92. The van der Waals surface area contributed by atoms with Crippen molar-refractivity contribution in [2.24, 2.45) is 0 Å². The smallest absolute Gasteiger partial charge is 0.264 e. The first-order valence-corrected chi connectivity index (χ1v) is 18.3. The van der Waals surface area contributed by atoms with Gasteiger partial charge in [-0.25, -0.2) is 8.42 Å². The largest absolute Gasteiger partial charge is 0.352 e. The fourth-order valence-electron chi connectivity index (χ4n) is 5.22. The lowest BCUT2D eigenvalue weighted by atomic mass is 10.0. The molecule has 4 rings (SSSR count). The molecular formula is C38H43Cl2N3O4S. The Hall–Kier alpha value is -3.85. The number of rotatable bonds is 14. The van der Waals surface area contributed by atoms with Gasteiger partial charge in [0.2, 0.25) is 11.8 Å². The Morgan fingerprint density at radius 2 is 1.50 bits per heavy atom. The van der Waals surface area contributed by atoms with Crippen LogP contribution in [0.2, 0.25) is 10.0 Å². The number of carbonyl (C=O) groups excluding carboxylic acids is 2. The molecule has 0 aliphatic heterocycles. The SMILES string of the molecule is CCC(C)NC(=O)C(Cc1ccccc1)N(Cc1ccc(Cl)cc1Cl)C(=O)CN(c1ccc(C(C)C)cc1)S(=O)(=O)c1ccc(C)cc1. The third-order valence-corrected chi connectivity index (χ3v) is 10.7. The molecule has 0 fully saturated rings. The highest BCUT2D eigenvalue weighted by Crippen LogP contribution is 2.28. The van der Waals surface area contributed by atoms with E-state index < -0.39 is 28.5 Å². The van der Waals surface area contributed by atoms with Crippen molar-refractivity contribution in [3.8, 4) is 0 Å². The van der Waals surface area contributed by atoms with Gasteiger partial charge < -0.3 is 10.2 Å². The van der Waals surface area contributed by atoms with Crippen LogP contribution >= 0.6 is 23.2 Å². The van der Waals surface area contributed by atoms with Crippen LogP contribution in [-0.4, -0.2) is 43.8 Å². The van der Waals surface area contributed by atoms with E-state index in [1.165, 1.54) is 17.0 Å². The first-order chi connectivity index (χ1) is 22.8. The van der Waals surface area contributed by atoms with Gasteiger partial charge >= 0.3 is 0 Å². The van der Waals surface area contributed by atoms with Crippen molar-refractivity contribution in [3.05, 3.63) is 129 Å². The van der Waals surface area contributed by atoms with Gasteiger partial charge in [0.1, 0.15) is 12.6 Å². The number of anilines is 1. The number of halogens is 2. The Morgan fingerprint density at radius 1 is 0.854 bits per heavy atom. The monoisotopic (exact) mass is 707 g/mol. The minimum atomic E-state index is -4.21. The van der Waals surface area contributed by atoms with Crippen LogP contribution in [0.4, 0.5) is 5.69 Å². The van der Waals surface area contributed by atoms with E-state index in [1.54, 1.807) is 42.5 Å². The molecule has 0 aliphatic rings. The van der Waals surface area contributed by atoms with E-state index in [-0.39, 0.29) is 35.7 Å². The van der Waals surface area contributed by atoms with Crippen LogP contribution in [0.5, 0.6) is 0 Å². The van der Waals surface area contributed by atoms with E-state index in [9.17, 15) is 18.0 Å². The molecule has 7 nitrogen and oxygen atoms in total. The molecule has 0 aliphatic carbocycles. The Balaban J connectivity index is 1.84. The van der Waals surface area contributed by atoms with Crippen molar-refractivity contribution >= 4 is 50.7 Å². The Kier molecular flexibility index (Phi) is 12.7. The zero-order chi connectivity index (χ0) is 35.0. The molecule has 4 aromatic carbocycles. The number of sulfonamides is 1. The lowest BCUT2D eigenvalue weighted by Gasteiger charge is -2.34. The number of hydrogen-bond donors (Lipinski definition) is 1. The molecule has 4 aromatic rings. The highest BCUT2D eigenvalue weighted by Gasteiger charge is 2.35. The van der Waals surface area contributed by atoms with Crippen LogP contribution < -0.4 is 9.62 Å². The molecule has 10 heteroatoms. The van der Waals surface area contributed by atoms with E-state index >= 15 is 0 Å². The summed E-state index contributed by atoms with van der Waals surface area (Å²) in [7, 11) is -4.21. The summed E-state index contributed by atoms with van der Waals surface area (Å²) in [5, 5.41) is 3.80. The highest BCUT2D eigenvalue weighted by atomic mass is 35.5. The predicted octanol–water partition coefficient (Wildman–Crippen LogP) is 8.18. The maximum Gasteiger partial charge on any atom is 0.264 e. The number of hydrogen-bond acceptors (Lipinski definition) is 4. The van der Waals surface area contributed by atoms with Crippen LogP contribution in [0, 0.1) is 6.92 Å². The summed E-state index contributed by atoms with van der Waals surface area (Å²) >= 11 is 12.8. The van der Waals surface area contributed by atoms with Crippen LogP contribution in [0.15, 0.2) is 102 Å². The minimum Gasteiger partial charge on any atom is -0.352 e. The van der Waals surface area contributed by atoms with E-state index in [4.69, 9.17) is 23.2 Å². The molecule has 2 unspecified atom stereocenters. The van der Waals surface area contributed by atoms with Crippen molar-refractivity contribution in [1.82, 2.24) is 10.2 Å². The third-order valence-electron chi connectivity index (χ3n) is 8.36. The molecule has 254 valence electrons. The van der Waals surface area contributed by atoms with E-state index in [1.807, 2.05) is 63.2 Å². The van der Waals surface area contributed by atoms with Crippen molar-refractivity contribution in [1.29, 1.82) is 0 Å². The molecule has 0 aromatic heterocycles. The summed E-state index contributed by atoms with van der Waals surface area (Å²) in [6, 6.07) is 26.9. The fourth-order valence-corrected chi connectivity index (χ4v) is 7.10. The van der Waals surface area contributed by atoms with Crippen molar-refractivity contribution in [2.45, 2.75) is 76.9 Å². The topological polar surface area (TPSA) is 86.8 Å². The number of benzene rings is 4. The second kappa shape index (κ2) is 16.5. The summed E-state index contributed by atoms with van der Waals surface area (Å²) in [4.78, 5) is 30.2. The maximum atomic E-state index is 14.7. The molecule has 2 amide bonds. The van der Waals surface area contributed by atoms with Gasteiger partial charge in [-0.1, -0.05) is 110 Å². The summed E-state index contributed by atoms with van der Waals surface area (Å²) < 4.78 is 29.7. The molecule has 2 atom stereocenters.